The fourth-order valence-corrected chi connectivity index (χ4v) is 1.47. The van der Waals surface area contributed by atoms with Crippen molar-refractivity contribution in [1.29, 1.82) is 5.39 Å². The van der Waals surface area contributed by atoms with Gasteiger partial charge in [0, 0.05) is 23.3 Å². The van der Waals surface area contributed by atoms with Crippen molar-refractivity contribution in [3.8, 4) is 0 Å². The first-order chi connectivity index (χ1) is 9.81. The van der Waals surface area contributed by atoms with E-state index in [1.807, 2.05) is 18.2 Å². The van der Waals surface area contributed by atoms with Gasteiger partial charge in [-0.25, -0.2) is 0 Å². The van der Waals surface area contributed by atoms with Crippen LogP contribution in [0.4, 0.5) is 23.0 Å². The van der Waals surface area contributed by atoms with E-state index in [2.05, 4.69) is 4.98 Å². The van der Waals surface area contributed by atoms with Gasteiger partial charge in [0.2, 0.25) is 5.39 Å². The molecule has 0 spiro atoms. The van der Waals surface area contributed by atoms with E-state index in [1.165, 1.54) is 0 Å². The minimum Gasteiger partial charge on any atom is -0.418 e. The quantitative estimate of drug-likeness (QED) is 0.349. The van der Waals surface area contributed by atoms with Crippen LogP contribution in [-0.2, 0) is 0 Å². The normalized spacial score (nSPS) is 10.0. The van der Waals surface area contributed by atoms with Crippen molar-refractivity contribution < 1.29 is 22.1 Å². The highest BCUT2D eigenvalue weighted by molar-refractivity contribution is 6.50. The number of halogens is 4. The van der Waals surface area contributed by atoms with Gasteiger partial charge < -0.3 is 17.3 Å². The highest BCUT2D eigenvalue weighted by Gasteiger charge is 2.20. The van der Waals surface area contributed by atoms with Crippen LogP contribution in [-0.4, -0.2) is 13.0 Å². The molecule has 0 N–H and O–H groups in total. The minimum atomic E-state index is -6.00. The summed E-state index contributed by atoms with van der Waals surface area (Å²) in [6.07, 6.45) is 0. The number of nitrogens with zero attached hydrogens (tertiary/aromatic N) is 2. The van der Waals surface area contributed by atoms with Crippen molar-refractivity contribution >= 4 is 18.7 Å². The lowest BCUT2D eigenvalue weighted by Crippen LogP contribution is -2.02. The molecule has 0 aromatic heterocycles. The topological polar surface area (TPSA) is 45.2 Å². The second-order valence-electron chi connectivity index (χ2n) is 3.84. The molecule has 0 unspecified atom stereocenters. The Morgan fingerprint density at radius 1 is 0.905 bits per heavy atom. The summed E-state index contributed by atoms with van der Waals surface area (Å²) in [5.41, 5.74) is 1.51. The van der Waals surface area contributed by atoms with E-state index in [4.69, 9.17) is 5.39 Å². The Morgan fingerprint density at radius 2 is 1.43 bits per heavy atom. The molecule has 0 aliphatic rings. The van der Waals surface area contributed by atoms with Crippen molar-refractivity contribution in [3.05, 3.63) is 70.7 Å². The summed E-state index contributed by atoms with van der Waals surface area (Å²) < 4.78 is 39.0. The molecule has 108 valence electrons. The highest BCUT2D eigenvalue weighted by atomic mass is 19.5. The number of ketones is 1. The molecule has 0 fully saturated rings. The van der Waals surface area contributed by atoms with Gasteiger partial charge in [0.15, 0.2) is 10.8 Å². The molecule has 0 aliphatic heterocycles. The Balaban J connectivity index is 0.000000383. The van der Waals surface area contributed by atoms with Gasteiger partial charge in [-0.15, -0.1) is 0 Å². The van der Waals surface area contributed by atoms with E-state index in [1.54, 1.807) is 36.4 Å². The first-order valence-electron chi connectivity index (χ1n) is 5.73. The van der Waals surface area contributed by atoms with E-state index >= 15 is 0 Å². The summed E-state index contributed by atoms with van der Waals surface area (Å²) in [5.74, 6) is -0.0777. The molecule has 0 bridgehead atoms. The Kier molecular flexibility index (Phi) is 5.61. The summed E-state index contributed by atoms with van der Waals surface area (Å²) >= 11 is 0. The van der Waals surface area contributed by atoms with Gasteiger partial charge in [-0.2, -0.15) is 0 Å². The molecule has 3 nitrogen and oxygen atoms in total. The Labute approximate surface area is 117 Å². The number of hydrogen-bond donors (Lipinski definition) is 0. The number of diazo groups is 1. The monoisotopic (exact) mass is 296 g/mol. The molecule has 2 aromatic rings. The van der Waals surface area contributed by atoms with Gasteiger partial charge in [-0.3, -0.25) is 4.79 Å². The van der Waals surface area contributed by atoms with Gasteiger partial charge in [-0.05, 0) is 0 Å². The number of carbonyl (C=O) groups excluding carboxylic acids is 1. The van der Waals surface area contributed by atoms with Crippen molar-refractivity contribution in [2.24, 2.45) is 0 Å². The van der Waals surface area contributed by atoms with Crippen LogP contribution < -0.4 is 0 Å². The maximum absolute atomic E-state index is 12.0. The third-order valence-electron chi connectivity index (χ3n) is 2.26. The SMILES string of the molecule is F[B-](F)(F)F.N#[N+]c1cccc(C(=O)c2ccccc2)c1. The van der Waals surface area contributed by atoms with E-state index in [9.17, 15) is 22.1 Å². The number of hydrogen-bond acceptors (Lipinski definition) is 2. The Morgan fingerprint density at radius 3 is 1.95 bits per heavy atom. The second-order valence-corrected chi connectivity index (χ2v) is 3.84. The summed E-state index contributed by atoms with van der Waals surface area (Å²) in [6, 6.07) is 15.6. The van der Waals surface area contributed by atoms with Crippen LogP contribution in [0.3, 0.4) is 0 Å². The highest BCUT2D eigenvalue weighted by Crippen LogP contribution is 2.16. The number of carbonyl (C=O) groups is 1. The zero-order chi connectivity index (χ0) is 15.9. The van der Waals surface area contributed by atoms with Crippen LogP contribution in [0.2, 0.25) is 0 Å². The molecule has 0 atom stereocenters. The molecule has 21 heavy (non-hydrogen) atoms. The molecule has 2 aromatic carbocycles. The summed E-state index contributed by atoms with van der Waals surface area (Å²) in [7, 11) is -6.00. The fraction of sp³-hybridized carbons (Fsp3) is 0. The summed E-state index contributed by atoms with van der Waals surface area (Å²) in [4.78, 5) is 15.0. The minimum absolute atomic E-state index is 0.0777. The van der Waals surface area contributed by atoms with E-state index < -0.39 is 7.25 Å². The molecular formula is C13H9BF4N2O. The predicted molar refractivity (Wildman–Crippen MR) is 71.2 cm³/mol. The molecule has 0 radical (unpaired) electrons. The van der Waals surface area contributed by atoms with Crippen LogP contribution in [0.15, 0.2) is 54.6 Å². The van der Waals surface area contributed by atoms with Crippen molar-refractivity contribution in [2.75, 3.05) is 0 Å². The average Bonchev–Trinajstić information content (AvgIpc) is 2.46. The molecule has 0 heterocycles. The molecule has 2 rings (SSSR count). The molecule has 0 amide bonds. The Hall–Kier alpha value is -2.69. The lowest BCUT2D eigenvalue weighted by Gasteiger charge is -1.98. The third-order valence-corrected chi connectivity index (χ3v) is 2.26. The van der Waals surface area contributed by atoms with E-state index in [-0.39, 0.29) is 5.78 Å². The van der Waals surface area contributed by atoms with Gasteiger partial charge in [0.1, 0.15) is 0 Å². The lowest BCUT2D eigenvalue weighted by atomic mass is 10.0. The number of benzene rings is 2. The van der Waals surface area contributed by atoms with Gasteiger partial charge in [-0.1, -0.05) is 42.5 Å². The van der Waals surface area contributed by atoms with Crippen LogP contribution in [0.1, 0.15) is 15.9 Å². The van der Waals surface area contributed by atoms with Crippen LogP contribution >= 0.6 is 0 Å². The standard InChI is InChI=1S/C13H9N2O.BF4/c14-15-12-8-4-7-11(9-12)13(16)10-5-2-1-3-6-10;2-1(3,4)5/h1-9H;/q+1;-1. The van der Waals surface area contributed by atoms with Crippen LogP contribution in [0.5, 0.6) is 0 Å². The summed E-state index contributed by atoms with van der Waals surface area (Å²) in [6.45, 7) is 0. The zero-order valence-electron chi connectivity index (χ0n) is 10.6. The lowest BCUT2D eigenvalue weighted by molar-refractivity contribution is 0.103. The average molecular weight is 296 g/mol. The summed E-state index contributed by atoms with van der Waals surface area (Å²) in [5, 5.41) is 8.63. The first-order valence-corrected chi connectivity index (χ1v) is 5.73. The molecule has 0 saturated heterocycles. The predicted octanol–water partition coefficient (Wildman–Crippen LogP) is 4.70. The van der Waals surface area contributed by atoms with Gasteiger partial charge >= 0.3 is 12.9 Å². The second kappa shape index (κ2) is 7.19. The molecule has 8 heteroatoms. The zero-order valence-corrected chi connectivity index (χ0v) is 10.6. The van der Waals surface area contributed by atoms with Crippen molar-refractivity contribution in [2.45, 2.75) is 0 Å². The molecule has 0 aliphatic carbocycles. The molecular weight excluding hydrogens is 287 g/mol. The first kappa shape index (κ1) is 16.4. The van der Waals surface area contributed by atoms with E-state index in [0.29, 0.717) is 16.8 Å². The van der Waals surface area contributed by atoms with Crippen molar-refractivity contribution in [3.63, 3.8) is 0 Å². The van der Waals surface area contributed by atoms with Gasteiger partial charge in [0.25, 0.3) is 0 Å². The van der Waals surface area contributed by atoms with Gasteiger partial charge in [0.05, 0.1) is 0 Å². The van der Waals surface area contributed by atoms with E-state index in [0.717, 1.165) is 0 Å². The number of rotatable bonds is 2. The molecule has 0 saturated carbocycles. The maximum atomic E-state index is 12.0. The van der Waals surface area contributed by atoms with Crippen molar-refractivity contribution in [1.82, 2.24) is 0 Å². The van der Waals surface area contributed by atoms with Crippen LogP contribution in [0.25, 0.3) is 4.98 Å². The smallest absolute Gasteiger partial charge is 0.418 e. The van der Waals surface area contributed by atoms with Crippen LogP contribution in [0, 0.1) is 5.39 Å². The Bertz CT molecular complexity index is 647. The fourth-order valence-electron chi connectivity index (χ4n) is 1.47. The maximum Gasteiger partial charge on any atom is 0.673 e. The largest absolute Gasteiger partial charge is 0.673 e. The third kappa shape index (κ3) is 6.34.